The summed E-state index contributed by atoms with van der Waals surface area (Å²) in [5, 5.41) is 47.8. The predicted molar refractivity (Wildman–Crippen MR) is 284 cm³/mol. The van der Waals surface area contributed by atoms with Gasteiger partial charge in [-0.1, -0.05) is 77.5 Å². The molecule has 0 atom stereocenters. The molecule has 0 unspecified atom stereocenters. The number of aromatic hydroxyl groups is 1. The summed E-state index contributed by atoms with van der Waals surface area (Å²) in [6.45, 7) is 7.81. The van der Waals surface area contributed by atoms with Gasteiger partial charge in [0.05, 0.1) is 50.8 Å². The molecule has 0 radical (unpaired) electrons. The van der Waals surface area contributed by atoms with Crippen LogP contribution in [0.2, 0.25) is 10.0 Å². The summed E-state index contributed by atoms with van der Waals surface area (Å²) in [6, 6.07) is 35.2. The number of ether oxygens (including phenoxy) is 2. The van der Waals surface area contributed by atoms with Crippen molar-refractivity contribution in [1.82, 2.24) is 0 Å². The number of aryl methyl sites for hydroxylation is 2. The van der Waals surface area contributed by atoms with Gasteiger partial charge in [0.15, 0.2) is 5.75 Å². The topological polar surface area (TPSA) is 281 Å². The van der Waals surface area contributed by atoms with E-state index in [2.05, 4.69) is 31.1 Å². The molecule has 380 valence electrons. The Morgan fingerprint density at radius 2 is 1.01 bits per heavy atom. The van der Waals surface area contributed by atoms with E-state index in [1.807, 2.05) is 13.8 Å². The van der Waals surface area contributed by atoms with Gasteiger partial charge in [-0.25, -0.2) is 8.42 Å². The van der Waals surface area contributed by atoms with Crippen LogP contribution >= 0.6 is 23.2 Å². The largest absolute Gasteiger partial charge is 2.00 e. The van der Waals surface area contributed by atoms with Gasteiger partial charge < -0.3 is 34.9 Å². The van der Waals surface area contributed by atoms with Crippen molar-refractivity contribution in [3.63, 3.8) is 0 Å². The number of anilines is 2. The van der Waals surface area contributed by atoms with Crippen molar-refractivity contribution in [1.29, 1.82) is 0 Å². The van der Waals surface area contributed by atoms with Crippen molar-refractivity contribution < 1.29 is 55.2 Å². The van der Waals surface area contributed by atoms with Crippen molar-refractivity contribution in [3.05, 3.63) is 166 Å². The molecule has 0 aliphatic heterocycles. The molecule has 8 rings (SSSR count). The first-order chi connectivity index (χ1) is 35.2. The van der Waals surface area contributed by atoms with E-state index in [-0.39, 0.29) is 81.7 Å². The molecule has 4 N–H and O–H groups in total. The SMILES string of the molecule is CCOc1ccc(NC(=O)c2cc3ccccc3c(N=Nc3cc(C)c(Cl)c(S(=O)(=O)O)c3)c2O)cc1.CCOc1ccc(NC(=O)c2cc3ccccc3c(N=Nc3cc(C)c(Cl)c(S(=O)(=O)[O-])c3)c2[O-])cc1.[Ca+2]. The van der Waals surface area contributed by atoms with Crippen molar-refractivity contribution in [2.24, 2.45) is 20.5 Å². The average molecular weight is 1120 g/mol. The summed E-state index contributed by atoms with van der Waals surface area (Å²) in [4.78, 5) is 24.9. The minimum absolute atomic E-state index is 0. The molecule has 0 saturated carbocycles. The molecule has 0 saturated heterocycles. The normalized spacial score (nSPS) is 11.5. The molecule has 0 aliphatic rings. The monoisotopic (exact) mass is 1120 g/mol. The third-order valence-electron chi connectivity index (χ3n) is 10.8. The Labute approximate surface area is 470 Å². The molecule has 0 bridgehead atoms. The average Bonchev–Trinajstić information content (AvgIpc) is 3.36. The van der Waals surface area contributed by atoms with Gasteiger partial charge >= 0.3 is 37.7 Å². The molecule has 0 heterocycles. The Morgan fingerprint density at radius 1 is 0.600 bits per heavy atom. The van der Waals surface area contributed by atoms with E-state index in [0.717, 1.165) is 12.1 Å². The van der Waals surface area contributed by atoms with Crippen LogP contribution < -0.4 is 25.2 Å². The number of nitrogens with one attached hydrogen (secondary N) is 2. The van der Waals surface area contributed by atoms with Crippen LogP contribution in [0.25, 0.3) is 21.5 Å². The summed E-state index contributed by atoms with van der Waals surface area (Å²) in [6.07, 6.45) is 0. The van der Waals surface area contributed by atoms with Gasteiger partial charge in [-0.15, -0.1) is 5.11 Å². The van der Waals surface area contributed by atoms with Gasteiger partial charge in [-0.2, -0.15) is 23.8 Å². The second kappa shape index (κ2) is 24.7. The first kappa shape index (κ1) is 57.6. The van der Waals surface area contributed by atoms with Gasteiger partial charge in [0, 0.05) is 27.7 Å². The number of phenols is 1. The number of benzene rings is 8. The zero-order valence-electron chi connectivity index (χ0n) is 40.2. The molecule has 8 aromatic rings. The smallest absolute Gasteiger partial charge is 0.870 e. The molecular formula is C52H42CaCl2N6O12S2. The number of carbonyl (C=O) groups excluding carboxylic acids is 2. The van der Waals surface area contributed by atoms with E-state index >= 15 is 0 Å². The van der Waals surface area contributed by atoms with Crippen molar-refractivity contribution in [2.75, 3.05) is 23.8 Å². The molecule has 0 spiro atoms. The van der Waals surface area contributed by atoms with Crippen molar-refractivity contribution in [3.8, 4) is 23.0 Å². The number of hydrogen-bond acceptors (Lipinski definition) is 15. The van der Waals surface area contributed by atoms with Crippen LogP contribution in [0.15, 0.2) is 164 Å². The summed E-state index contributed by atoms with van der Waals surface area (Å²) in [5.41, 5.74) is 1.39. The standard InChI is InChI=1S/2C26H22ClN3O6S.Ca/c2*1-3-36-19-10-8-17(9-11-19)28-26(32)21-13-16-6-4-5-7-20(16)24(25(21)31)30-29-18-12-15(2)23(27)22(14-18)37(33,34)35;/h2*4-14,31H,3H2,1-2H3,(H,28,32)(H,33,34,35);/q;;+2/p-2. The van der Waals surface area contributed by atoms with Gasteiger partial charge in [0.1, 0.15) is 32.2 Å². The summed E-state index contributed by atoms with van der Waals surface area (Å²) in [7, 11) is -9.47. The number of amides is 2. The molecule has 2 amide bonds. The summed E-state index contributed by atoms with van der Waals surface area (Å²) in [5.74, 6) is -0.992. The zero-order valence-corrected chi connectivity index (χ0v) is 45.5. The second-order valence-corrected chi connectivity index (χ2v) is 19.5. The molecule has 23 heteroatoms. The molecule has 0 aliphatic carbocycles. The van der Waals surface area contributed by atoms with E-state index in [4.69, 9.17) is 32.7 Å². The zero-order chi connectivity index (χ0) is 53.5. The summed E-state index contributed by atoms with van der Waals surface area (Å²) < 4.78 is 78.4. The van der Waals surface area contributed by atoms with Crippen molar-refractivity contribution in [2.45, 2.75) is 37.5 Å². The number of carbonyl (C=O) groups is 2. The van der Waals surface area contributed by atoms with Crippen molar-refractivity contribution >= 4 is 149 Å². The van der Waals surface area contributed by atoms with Gasteiger partial charge in [-0.05, 0) is 135 Å². The van der Waals surface area contributed by atoms with Gasteiger partial charge in [-0.3, -0.25) is 14.1 Å². The van der Waals surface area contributed by atoms with Crippen LogP contribution in [0.1, 0.15) is 45.7 Å². The first-order valence-corrected chi connectivity index (χ1v) is 25.7. The van der Waals surface area contributed by atoms with Crippen LogP contribution in [0.4, 0.5) is 34.1 Å². The molecular weight excluding hydrogens is 1080 g/mol. The maximum atomic E-state index is 13.3. The Kier molecular flexibility index (Phi) is 19.0. The number of hydrogen-bond donors (Lipinski definition) is 4. The van der Waals surface area contributed by atoms with Gasteiger partial charge in [0.25, 0.3) is 21.9 Å². The maximum Gasteiger partial charge on any atom is 2.00 e. The number of nitrogens with zero attached hydrogens (tertiary/aromatic N) is 4. The maximum absolute atomic E-state index is 13.3. The molecule has 0 aromatic heterocycles. The Morgan fingerprint density at radius 3 is 1.48 bits per heavy atom. The van der Waals surface area contributed by atoms with E-state index in [1.54, 1.807) is 104 Å². The molecule has 0 fully saturated rings. The van der Waals surface area contributed by atoms with Crippen LogP contribution in [-0.4, -0.2) is 93.8 Å². The third-order valence-corrected chi connectivity index (χ3v) is 13.8. The Balaban J connectivity index is 0.000000241. The Bertz CT molecular complexity index is 3530. The van der Waals surface area contributed by atoms with Crippen LogP contribution in [0, 0.1) is 13.8 Å². The predicted octanol–water partition coefficient (Wildman–Crippen LogP) is 12.3. The first-order valence-electron chi connectivity index (χ1n) is 22.1. The van der Waals surface area contributed by atoms with E-state index in [9.17, 15) is 45.7 Å². The number of azo groups is 2. The minimum Gasteiger partial charge on any atom is -0.870 e. The van der Waals surface area contributed by atoms with E-state index in [1.165, 1.54) is 31.2 Å². The van der Waals surface area contributed by atoms with Crippen LogP contribution in [-0.2, 0) is 20.2 Å². The fourth-order valence-corrected chi connectivity index (χ4v) is 9.40. The van der Waals surface area contributed by atoms with Crippen LogP contribution in [0.3, 0.4) is 0 Å². The number of halogens is 2. The Hall–Kier alpha value is -6.72. The molecule has 18 nitrogen and oxygen atoms in total. The van der Waals surface area contributed by atoms with E-state index in [0.29, 0.717) is 68.8 Å². The second-order valence-electron chi connectivity index (χ2n) is 16.0. The fourth-order valence-electron chi connectivity index (χ4n) is 7.31. The fraction of sp³-hybridized carbons (Fsp3) is 0.115. The quantitative estimate of drug-likeness (QED) is 0.0449. The number of fused-ring (bicyclic) bond motifs is 2. The molecule has 8 aromatic carbocycles. The van der Waals surface area contributed by atoms with Gasteiger partial charge in [0.2, 0.25) is 0 Å². The summed E-state index contributed by atoms with van der Waals surface area (Å²) >= 11 is 12.0. The molecule has 75 heavy (non-hydrogen) atoms. The number of phenolic OH excluding ortho intramolecular Hbond substituents is 1. The number of rotatable bonds is 14. The van der Waals surface area contributed by atoms with E-state index < -0.39 is 53.3 Å². The minimum atomic E-state index is -4.86. The van der Waals surface area contributed by atoms with Crippen LogP contribution in [0.5, 0.6) is 23.0 Å². The third kappa shape index (κ3) is 14.0.